The monoisotopic (exact) mass is 264 g/mol. The molecule has 0 fully saturated rings. The largest absolute Gasteiger partial charge is 0.469 e. The third-order valence-electron chi connectivity index (χ3n) is 2.80. The van der Waals surface area contributed by atoms with Gasteiger partial charge in [-0.2, -0.15) is 0 Å². The van der Waals surface area contributed by atoms with Crippen molar-refractivity contribution in [1.82, 2.24) is 5.32 Å². The fourth-order valence-electron chi connectivity index (χ4n) is 1.73. The first kappa shape index (κ1) is 15.2. The molecule has 0 saturated heterocycles. The molecule has 0 aliphatic heterocycles. The quantitative estimate of drug-likeness (QED) is 0.533. The topological polar surface area (TPSA) is 81.4 Å². The summed E-state index contributed by atoms with van der Waals surface area (Å²) in [5, 5.41) is 3.06. The maximum Gasteiger partial charge on any atom is 0.305 e. The number of benzene rings is 1. The van der Waals surface area contributed by atoms with Crippen molar-refractivity contribution in [3.63, 3.8) is 0 Å². The van der Waals surface area contributed by atoms with Gasteiger partial charge in [-0.25, -0.2) is 0 Å². The van der Waals surface area contributed by atoms with Crippen LogP contribution in [-0.4, -0.2) is 31.6 Å². The van der Waals surface area contributed by atoms with Gasteiger partial charge in [0.15, 0.2) is 0 Å². The number of ether oxygens (including phenoxy) is 1. The third-order valence-corrected chi connectivity index (χ3v) is 2.80. The summed E-state index contributed by atoms with van der Waals surface area (Å²) >= 11 is 0. The molecule has 0 aliphatic rings. The lowest BCUT2D eigenvalue weighted by molar-refractivity contribution is -0.140. The van der Waals surface area contributed by atoms with Gasteiger partial charge in [0.2, 0.25) is 5.91 Å². The van der Waals surface area contributed by atoms with Crippen LogP contribution < -0.4 is 11.1 Å². The zero-order valence-corrected chi connectivity index (χ0v) is 11.1. The molecule has 0 aromatic heterocycles. The Hall–Kier alpha value is -1.88. The van der Waals surface area contributed by atoms with E-state index in [0.717, 1.165) is 5.56 Å². The van der Waals surface area contributed by atoms with Gasteiger partial charge in [0, 0.05) is 6.42 Å². The van der Waals surface area contributed by atoms with Crippen LogP contribution in [0.25, 0.3) is 0 Å². The van der Waals surface area contributed by atoms with Crippen molar-refractivity contribution in [2.24, 2.45) is 5.73 Å². The van der Waals surface area contributed by atoms with Crippen LogP contribution in [0.5, 0.6) is 0 Å². The Balaban J connectivity index is 2.37. The molecular formula is C14H20N2O3. The van der Waals surface area contributed by atoms with E-state index in [4.69, 9.17) is 5.73 Å². The number of rotatable bonds is 8. The highest BCUT2D eigenvalue weighted by Gasteiger charge is 2.14. The Kier molecular flexibility index (Phi) is 6.60. The third kappa shape index (κ3) is 6.01. The number of esters is 1. The second kappa shape index (κ2) is 8.26. The van der Waals surface area contributed by atoms with E-state index in [0.29, 0.717) is 25.8 Å². The van der Waals surface area contributed by atoms with E-state index in [2.05, 4.69) is 10.1 Å². The van der Waals surface area contributed by atoms with Crippen molar-refractivity contribution in [2.75, 3.05) is 13.7 Å². The van der Waals surface area contributed by atoms with Gasteiger partial charge in [0.05, 0.1) is 13.2 Å². The first-order valence-electron chi connectivity index (χ1n) is 6.27. The predicted octanol–water partition coefficient (Wildman–Crippen LogP) is 0.626. The van der Waals surface area contributed by atoms with Crippen LogP contribution in [-0.2, 0) is 20.7 Å². The highest BCUT2D eigenvalue weighted by molar-refractivity contribution is 5.80. The second-order valence-corrected chi connectivity index (χ2v) is 4.28. The molecule has 1 atom stereocenters. The van der Waals surface area contributed by atoms with Crippen LogP contribution in [0.1, 0.15) is 18.4 Å². The molecule has 5 heteroatoms. The van der Waals surface area contributed by atoms with Gasteiger partial charge in [-0.15, -0.1) is 0 Å². The van der Waals surface area contributed by atoms with Gasteiger partial charge in [-0.05, 0) is 24.9 Å². The molecule has 104 valence electrons. The number of nitrogens with two attached hydrogens (primary N) is 1. The number of hydrogen-bond donors (Lipinski definition) is 2. The summed E-state index contributed by atoms with van der Waals surface area (Å²) in [7, 11) is 1.36. The molecule has 0 spiro atoms. The molecule has 1 amide bonds. The highest BCUT2D eigenvalue weighted by atomic mass is 16.5. The van der Waals surface area contributed by atoms with E-state index in [1.54, 1.807) is 0 Å². The first-order chi connectivity index (χ1) is 9.13. The SMILES string of the molecule is COC(=O)CCCN[C@@H](Cc1ccccc1)C(N)=O. The smallest absolute Gasteiger partial charge is 0.305 e. The predicted molar refractivity (Wildman–Crippen MR) is 72.4 cm³/mol. The minimum atomic E-state index is -0.417. The van der Waals surface area contributed by atoms with E-state index >= 15 is 0 Å². The number of nitrogens with one attached hydrogen (secondary N) is 1. The summed E-state index contributed by atoms with van der Waals surface area (Å²) in [6.07, 6.45) is 1.50. The normalized spacial score (nSPS) is 11.8. The summed E-state index contributed by atoms with van der Waals surface area (Å²) < 4.78 is 4.54. The molecule has 0 aliphatic carbocycles. The van der Waals surface area contributed by atoms with Gasteiger partial charge >= 0.3 is 5.97 Å². The van der Waals surface area contributed by atoms with Gasteiger partial charge < -0.3 is 15.8 Å². The molecule has 1 aromatic rings. The van der Waals surface area contributed by atoms with Gasteiger partial charge in [-0.3, -0.25) is 9.59 Å². The maximum atomic E-state index is 11.4. The molecular weight excluding hydrogens is 244 g/mol. The molecule has 1 aromatic carbocycles. The molecule has 3 N–H and O–H groups in total. The Morgan fingerprint density at radius 1 is 1.32 bits per heavy atom. The Labute approximate surface area is 113 Å². The Bertz CT molecular complexity index is 406. The van der Waals surface area contributed by atoms with Gasteiger partial charge in [0.1, 0.15) is 0 Å². The summed E-state index contributed by atoms with van der Waals surface area (Å²) in [4.78, 5) is 22.3. The molecule has 0 bridgehead atoms. The van der Waals surface area contributed by atoms with Crippen LogP contribution >= 0.6 is 0 Å². The van der Waals surface area contributed by atoms with Crippen molar-refractivity contribution in [2.45, 2.75) is 25.3 Å². The fraction of sp³-hybridized carbons (Fsp3) is 0.429. The fourth-order valence-corrected chi connectivity index (χ4v) is 1.73. The number of hydrogen-bond acceptors (Lipinski definition) is 4. The van der Waals surface area contributed by atoms with Crippen LogP contribution in [0.4, 0.5) is 0 Å². The van der Waals surface area contributed by atoms with Crippen molar-refractivity contribution in [3.05, 3.63) is 35.9 Å². The van der Waals surface area contributed by atoms with Crippen molar-refractivity contribution < 1.29 is 14.3 Å². The lowest BCUT2D eigenvalue weighted by Crippen LogP contribution is -2.43. The average Bonchev–Trinajstić information content (AvgIpc) is 2.42. The van der Waals surface area contributed by atoms with E-state index in [-0.39, 0.29) is 11.9 Å². The van der Waals surface area contributed by atoms with Crippen molar-refractivity contribution in [1.29, 1.82) is 0 Å². The van der Waals surface area contributed by atoms with Gasteiger partial charge in [0.25, 0.3) is 0 Å². The van der Waals surface area contributed by atoms with Crippen LogP contribution in [0.3, 0.4) is 0 Å². The number of carbonyl (C=O) groups excluding carboxylic acids is 2. The molecule has 5 nitrogen and oxygen atoms in total. The second-order valence-electron chi connectivity index (χ2n) is 4.28. The standard InChI is InChI=1S/C14H20N2O3/c1-19-13(17)8-5-9-16-12(14(15)18)10-11-6-3-2-4-7-11/h2-4,6-7,12,16H,5,8-10H2,1H3,(H2,15,18)/t12-/m0/s1. The highest BCUT2D eigenvalue weighted by Crippen LogP contribution is 2.03. The summed E-state index contributed by atoms with van der Waals surface area (Å²) in [6, 6.07) is 9.25. The summed E-state index contributed by atoms with van der Waals surface area (Å²) in [6.45, 7) is 0.551. The number of amides is 1. The van der Waals surface area contributed by atoms with E-state index in [1.165, 1.54) is 7.11 Å². The van der Waals surface area contributed by atoms with E-state index in [9.17, 15) is 9.59 Å². The zero-order valence-electron chi connectivity index (χ0n) is 11.1. The molecule has 0 unspecified atom stereocenters. The first-order valence-corrected chi connectivity index (χ1v) is 6.27. The molecule has 0 saturated carbocycles. The van der Waals surface area contributed by atoms with Gasteiger partial charge in [-0.1, -0.05) is 30.3 Å². The van der Waals surface area contributed by atoms with E-state index < -0.39 is 6.04 Å². The molecule has 19 heavy (non-hydrogen) atoms. The molecule has 0 radical (unpaired) electrons. The van der Waals surface area contributed by atoms with Crippen LogP contribution in [0.15, 0.2) is 30.3 Å². The van der Waals surface area contributed by atoms with E-state index in [1.807, 2.05) is 30.3 Å². The van der Waals surface area contributed by atoms with Crippen molar-refractivity contribution in [3.8, 4) is 0 Å². The van der Waals surface area contributed by atoms with Crippen molar-refractivity contribution >= 4 is 11.9 Å². The number of primary amides is 1. The minimum absolute atomic E-state index is 0.250. The maximum absolute atomic E-state index is 11.4. The minimum Gasteiger partial charge on any atom is -0.469 e. The van der Waals surface area contributed by atoms with Crippen LogP contribution in [0.2, 0.25) is 0 Å². The molecule has 1 rings (SSSR count). The Morgan fingerprint density at radius 2 is 2.00 bits per heavy atom. The lowest BCUT2D eigenvalue weighted by Gasteiger charge is -2.15. The Morgan fingerprint density at radius 3 is 2.58 bits per heavy atom. The van der Waals surface area contributed by atoms with Crippen LogP contribution in [0, 0.1) is 0 Å². The average molecular weight is 264 g/mol. The zero-order chi connectivity index (χ0) is 14.1. The summed E-state index contributed by atoms with van der Waals surface area (Å²) in [5.74, 6) is -0.637. The number of carbonyl (C=O) groups is 2. The molecule has 0 heterocycles. The summed E-state index contributed by atoms with van der Waals surface area (Å²) in [5.41, 5.74) is 6.41. The lowest BCUT2D eigenvalue weighted by atomic mass is 10.1. The number of methoxy groups -OCH3 is 1.